The molecule has 2 amide bonds. The van der Waals surface area contributed by atoms with Crippen LogP contribution in [0.3, 0.4) is 0 Å². The first-order chi connectivity index (χ1) is 9.58. The lowest BCUT2D eigenvalue weighted by molar-refractivity contribution is 0.0958. The summed E-state index contributed by atoms with van der Waals surface area (Å²) in [6.45, 7) is 0. The Labute approximate surface area is 125 Å². The van der Waals surface area contributed by atoms with Gasteiger partial charge in [0.25, 0.3) is 5.91 Å². The van der Waals surface area contributed by atoms with E-state index in [0.29, 0.717) is 5.02 Å². The number of carbonyl (C=O) groups is 2. The largest absolute Gasteiger partial charge is 0.366 e. The first-order valence-corrected chi connectivity index (χ1v) is 6.89. The lowest BCUT2D eigenvalue weighted by Gasteiger charge is -2.07. The van der Waals surface area contributed by atoms with E-state index in [2.05, 4.69) is 4.72 Å². The number of nitrogens with two attached hydrogens (primary N) is 1. The smallest absolute Gasteiger partial charge is 0.262 e. The Bertz CT molecular complexity index is 644. The highest BCUT2D eigenvalue weighted by Gasteiger charge is 2.14. The third-order valence-electron chi connectivity index (χ3n) is 2.51. The number of nitrogens with one attached hydrogen (secondary N) is 1. The number of halogens is 1. The number of hydrogen-bond donors (Lipinski definition) is 2. The molecule has 102 valence electrons. The van der Waals surface area contributed by atoms with Gasteiger partial charge in [-0.25, -0.2) is 0 Å². The van der Waals surface area contributed by atoms with Gasteiger partial charge in [0.15, 0.2) is 0 Å². The fourth-order valence-electron chi connectivity index (χ4n) is 1.56. The molecule has 0 aliphatic carbocycles. The minimum Gasteiger partial charge on any atom is -0.366 e. The van der Waals surface area contributed by atoms with E-state index in [1.165, 1.54) is 6.07 Å². The molecule has 0 heterocycles. The van der Waals surface area contributed by atoms with Crippen LogP contribution in [0.25, 0.3) is 0 Å². The minimum absolute atomic E-state index is 0.196. The van der Waals surface area contributed by atoms with E-state index in [-0.39, 0.29) is 17.0 Å². The van der Waals surface area contributed by atoms with Crippen LogP contribution < -0.4 is 10.5 Å². The average Bonchev–Trinajstić information content (AvgIpc) is 2.46. The zero-order valence-corrected chi connectivity index (χ0v) is 11.9. The van der Waals surface area contributed by atoms with Gasteiger partial charge in [-0.2, -0.15) is 0 Å². The number of amides is 2. The van der Waals surface area contributed by atoms with Gasteiger partial charge in [-0.1, -0.05) is 23.7 Å². The molecule has 3 N–H and O–H groups in total. The van der Waals surface area contributed by atoms with Crippen LogP contribution in [-0.4, -0.2) is 11.8 Å². The standard InChI is InChI=1S/C14H11ClN2O2S/c15-9-5-7-10(8-6-9)20-17-14(19)12-4-2-1-3-11(12)13(16)18/h1-8H,(H2,16,18)(H,17,19). The van der Waals surface area contributed by atoms with Crippen molar-refractivity contribution in [3.05, 3.63) is 64.7 Å². The van der Waals surface area contributed by atoms with Crippen molar-refractivity contribution in [2.24, 2.45) is 5.73 Å². The van der Waals surface area contributed by atoms with Crippen LogP contribution in [0.1, 0.15) is 20.7 Å². The van der Waals surface area contributed by atoms with Crippen molar-refractivity contribution in [3.8, 4) is 0 Å². The van der Waals surface area contributed by atoms with Gasteiger partial charge in [0.1, 0.15) is 0 Å². The van der Waals surface area contributed by atoms with Gasteiger partial charge >= 0.3 is 0 Å². The molecular weight excluding hydrogens is 296 g/mol. The second kappa shape index (κ2) is 6.45. The van der Waals surface area contributed by atoms with Crippen LogP contribution in [0, 0.1) is 0 Å². The minimum atomic E-state index is -0.632. The fraction of sp³-hybridized carbons (Fsp3) is 0. The molecule has 0 radical (unpaired) electrons. The molecule has 0 atom stereocenters. The Morgan fingerprint density at radius 3 is 2.20 bits per heavy atom. The quantitative estimate of drug-likeness (QED) is 0.853. The van der Waals surface area contributed by atoms with Gasteiger partial charge in [-0.3, -0.25) is 14.3 Å². The summed E-state index contributed by atoms with van der Waals surface area (Å²) in [7, 11) is 0. The molecule has 2 aromatic carbocycles. The monoisotopic (exact) mass is 306 g/mol. The van der Waals surface area contributed by atoms with Gasteiger partial charge in [-0.15, -0.1) is 0 Å². The first kappa shape index (κ1) is 14.4. The van der Waals surface area contributed by atoms with Gasteiger partial charge in [-0.05, 0) is 48.3 Å². The summed E-state index contributed by atoms with van der Waals surface area (Å²) in [5.74, 6) is -1.01. The zero-order valence-electron chi connectivity index (χ0n) is 10.3. The van der Waals surface area contributed by atoms with Crippen molar-refractivity contribution < 1.29 is 9.59 Å². The van der Waals surface area contributed by atoms with Crippen LogP contribution in [0.4, 0.5) is 0 Å². The summed E-state index contributed by atoms with van der Waals surface area (Å²) in [5, 5.41) is 0.625. The van der Waals surface area contributed by atoms with Crippen molar-refractivity contribution in [2.45, 2.75) is 4.90 Å². The molecule has 0 fully saturated rings. The summed E-state index contributed by atoms with van der Waals surface area (Å²) in [4.78, 5) is 24.1. The molecule has 20 heavy (non-hydrogen) atoms. The van der Waals surface area contributed by atoms with Crippen LogP contribution in [0.2, 0.25) is 5.02 Å². The van der Waals surface area contributed by atoms with Crippen molar-refractivity contribution in [2.75, 3.05) is 0 Å². The molecule has 0 aromatic heterocycles. The van der Waals surface area contributed by atoms with Crippen LogP contribution in [0.15, 0.2) is 53.4 Å². The van der Waals surface area contributed by atoms with Crippen LogP contribution >= 0.6 is 23.5 Å². The van der Waals surface area contributed by atoms with Crippen LogP contribution in [0.5, 0.6) is 0 Å². The number of hydrogen-bond acceptors (Lipinski definition) is 3. The van der Waals surface area contributed by atoms with E-state index in [9.17, 15) is 9.59 Å². The maximum absolute atomic E-state index is 12.0. The predicted octanol–water partition coefficient (Wildman–Crippen LogP) is 2.88. The summed E-state index contributed by atoms with van der Waals surface area (Å²) >= 11 is 6.92. The number of carbonyl (C=O) groups excluding carboxylic acids is 2. The Balaban J connectivity index is 2.09. The van der Waals surface area contributed by atoms with E-state index < -0.39 is 5.91 Å². The second-order valence-corrected chi connectivity index (χ2v) is 5.21. The van der Waals surface area contributed by atoms with Crippen molar-refractivity contribution in [1.29, 1.82) is 0 Å². The Morgan fingerprint density at radius 1 is 1.00 bits per heavy atom. The van der Waals surface area contributed by atoms with E-state index in [4.69, 9.17) is 17.3 Å². The van der Waals surface area contributed by atoms with E-state index in [1.54, 1.807) is 42.5 Å². The molecule has 2 rings (SSSR count). The zero-order chi connectivity index (χ0) is 14.5. The van der Waals surface area contributed by atoms with Gasteiger partial charge in [0.2, 0.25) is 5.91 Å². The molecule has 4 nitrogen and oxygen atoms in total. The third-order valence-corrected chi connectivity index (χ3v) is 3.56. The molecule has 2 aromatic rings. The highest BCUT2D eigenvalue weighted by Crippen LogP contribution is 2.18. The molecule has 0 bridgehead atoms. The topological polar surface area (TPSA) is 72.2 Å². The Hall–Kier alpha value is -1.98. The summed E-state index contributed by atoms with van der Waals surface area (Å²) in [6.07, 6.45) is 0. The fourth-order valence-corrected chi connectivity index (χ4v) is 2.28. The van der Waals surface area contributed by atoms with Crippen LogP contribution in [-0.2, 0) is 0 Å². The molecular formula is C14H11ClN2O2S. The third kappa shape index (κ3) is 3.53. The lowest BCUT2D eigenvalue weighted by Crippen LogP contribution is -2.22. The second-order valence-electron chi connectivity index (χ2n) is 3.90. The first-order valence-electron chi connectivity index (χ1n) is 5.69. The van der Waals surface area contributed by atoms with Crippen molar-refractivity contribution >= 4 is 35.4 Å². The average molecular weight is 307 g/mol. The SMILES string of the molecule is NC(=O)c1ccccc1C(=O)NSc1ccc(Cl)cc1. The number of benzene rings is 2. The normalized spacial score (nSPS) is 10.1. The molecule has 0 aliphatic rings. The molecule has 6 heteroatoms. The number of rotatable bonds is 4. The Morgan fingerprint density at radius 2 is 1.60 bits per heavy atom. The highest BCUT2D eigenvalue weighted by molar-refractivity contribution is 7.98. The molecule has 0 saturated heterocycles. The highest BCUT2D eigenvalue weighted by atomic mass is 35.5. The van der Waals surface area contributed by atoms with Crippen molar-refractivity contribution in [1.82, 2.24) is 4.72 Å². The summed E-state index contributed by atoms with van der Waals surface area (Å²) in [5.41, 5.74) is 5.68. The van der Waals surface area contributed by atoms with Crippen molar-refractivity contribution in [3.63, 3.8) is 0 Å². The molecule has 0 spiro atoms. The summed E-state index contributed by atoms with van der Waals surface area (Å²) in [6, 6.07) is 13.4. The molecule has 0 unspecified atom stereocenters. The number of primary amides is 1. The van der Waals surface area contributed by atoms with Gasteiger partial charge in [0, 0.05) is 9.92 Å². The van der Waals surface area contributed by atoms with E-state index >= 15 is 0 Å². The lowest BCUT2D eigenvalue weighted by atomic mass is 10.1. The van der Waals surface area contributed by atoms with Gasteiger partial charge < -0.3 is 5.73 Å². The maximum Gasteiger partial charge on any atom is 0.262 e. The van der Waals surface area contributed by atoms with E-state index in [1.807, 2.05) is 0 Å². The maximum atomic E-state index is 12.0. The summed E-state index contributed by atoms with van der Waals surface area (Å²) < 4.78 is 2.66. The van der Waals surface area contributed by atoms with Gasteiger partial charge in [0.05, 0.1) is 11.1 Å². The molecule has 0 saturated carbocycles. The van der Waals surface area contributed by atoms with E-state index in [0.717, 1.165) is 16.8 Å². The predicted molar refractivity (Wildman–Crippen MR) is 79.7 cm³/mol. The Kier molecular flexibility index (Phi) is 4.65. The molecule has 0 aliphatic heterocycles.